The lowest BCUT2D eigenvalue weighted by Gasteiger charge is -2.06. The fourth-order valence-electron chi connectivity index (χ4n) is 2.95. The summed E-state index contributed by atoms with van der Waals surface area (Å²) >= 11 is 0. The number of imidazole rings is 1. The number of nitrogens with zero attached hydrogens (tertiary/aromatic N) is 3. The molecule has 4 rings (SSSR count). The van der Waals surface area contributed by atoms with Gasteiger partial charge in [-0.2, -0.15) is 0 Å². The van der Waals surface area contributed by atoms with Crippen molar-refractivity contribution < 1.29 is 8.42 Å². The van der Waals surface area contributed by atoms with Gasteiger partial charge in [-0.15, -0.1) is 0 Å². The first kappa shape index (κ1) is 16.5. The molecule has 0 aliphatic heterocycles. The fraction of sp³-hybridized carbons (Fsp3) is 0.100. The fourth-order valence-corrected chi connectivity index (χ4v) is 3.58. The Morgan fingerprint density at radius 2 is 1.54 bits per heavy atom. The number of sulfone groups is 1. The predicted molar refractivity (Wildman–Crippen MR) is 102 cm³/mol. The number of fused-ring (bicyclic) bond motifs is 1. The first-order chi connectivity index (χ1) is 12.4. The minimum atomic E-state index is -3.23. The molecule has 6 heteroatoms. The lowest BCUT2D eigenvalue weighted by Crippen LogP contribution is -1.96. The van der Waals surface area contributed by atoms with E-state index in [0.29, 0.717) is 10.7 Å². The molecule has 0 aliphatic rings. The van der Waals surface area contributed by atoms with Gasteiger partial charge in [0.05, 0.1) is 16.3 Å². The Labute approximate surface area is 151 Å². The highest BCUT2D eigenvalue weighted by Crippen LogP contribution is 2.32. The molecule has 0 spiro atoms. The van der Waals surface area contributed by atoms with Crippen LogP contribution in [0.5, 0.6) is 0 Å². The van der Waals surface area contributed by atoms with E-state index in [0.717, 1.165) is 28.2 Å². The van der Waals surface area contributed by atoms with Crippen LogP contribution in [-0.2, 0) is 9.84 Å². The van der Waals surface area contributed by atoms with E-state index in [1.54, 1.807) is 24.3 Å². The Bertz CT molecular complexity index is 1200. The SMILES string of the molecule is Cc1ccn2c(-c3ccccc3)c(-c3ccc(S(C)(=O)=O)cc3)nc2n1. The molecular formula is C20H17N3O2S. The van der Waals surface area contributed by atoms with Gasteiger partial charge in [0.15, 0.2) is 9.84 Å². The molecule has 0 aliphatic carbocycles. The van der Waals surface area contributed by atoms with Crippen LogP contribution in [0.2, 0.25) is 0 Å². The predicted octanol–water partition coefficient (Wildman–Crippen LogP) is 3.78. The van der Waals surface area contributed by atoms with Gasteiger partial charge in [0, 0.05) is 29.3 Å². The molecule has 0 N–H and O–H groups in total. The molecule has 0 fully saturated rings. The maximum atomic E-state index is 11.7. The lowest BCUT2D eigenvalue weighted by atomic mass is 10.1. The van der Waals surface area contributed by atoms with E-state index in [1.807, 2.05) is 53.9 Å². The van der Waals surface area contributed by atoms with Crippen LogP contribution in [0, 0.1) is 6.92 Å². The molecular weight excluding hydrogens is 346 g/mol. The Morgan fingerprint density at radius 1 is 0.846 bits per heavy atom. The van der Waals surface area contributed by atoms with E-state index in [1.165, 1.54) is 6.26 Å². The van der Waals surface area contributed by atoms with Crippen LogP contribution in [0.1, 0.15) is 5.69 Å². The van der Waals surface area contributed by atoms with E-state index in [-0.39, 0.29) is 0 Å². The number of hydrogen-bond acceptors (Lipinski definition) is 4. The van der Waals surface area contributed by atoms with Gasteiger partial charge in [-0.3, -0.25) is 4.40 Å². The Morgan fingerprint density at radius 3 is 2.19 bits per heavy atom. The molecule has 130 valence electrons. The third-order valence-electron chi connectivity index (χ3n) is 4.24. The van der Waals surface area contributed by atoms with Crippen molar-refractivity contribution in [3.63, 3.8) is 0 Å². The third kappa shape index (κ3) is 2.88. The zero-order valence-electron chi connectivity index (χ0n) is 14.4. The summed E-state index contributed by atoms with van der Waals surface area (Å²) in [5, 5.41) is 0. The quantitative estimate of drug-likeness (QED) is 0.556. The summed E-state index contributed by atoms with van der Waals surface area (Å²) in [4.78, 5) is 9.53. The van der Waals surface area contributed by atoms with Gasteiger partial charge in [-0.1, -0.05) is 42.5 Å². The molecule has 0 unspecified atom stereocenters. The first-order valence-electron chi connectivity index (χ1n) is 8.15. The summed E-state index contributed by atoms with van der Waals surface area (Å²) in [5.74, 6) is 0.617. The van der Waals surface area contributed by atoms with Crippen LogP contribution in [0.4, 0.5) is 0 Å². The Hall–Kier alpha value is -2.99. The summed E-state index contributed by atoms with van der Waals surface area (Å²) in [6.45, 7) is 1.93. The van der Waals surface area contributed by atoms with E-state index in [9.17, 15) is 8.42 Å². The average Bonchev–Trinajstić information content (AvgIpc) is 3.00. The first-order valence-corrected chi connectivity index (χ1v) is 10.0. The summed E-state index contributed by atoms with van der Waals surface area (Å²) in [5.41, 5.74) is 4.46. The van der Waals surface area contributed by atoms with Crippen LogP contribution < -0.4 is 0 Å². The number of hydrogen-bond donors (Lipinski definition) is 0. The molecule has 2 aromatic heterocycles. The molecule has 2 aromatic carbocycles. The monoisotopic (exact) mass is 363 g/mol. The summed E-state index contributed by atoms with van der Waals surface area (Å²) in [7, 11) is -3.23. The average molecular weight is 363 g/mol. The molecule has 0 saturated carbocycles. The number of benzene rings is 2. The van der Waals surface area contributed by atoms with Crippen LogP contribution >= 0.6 is 0 Å². The zero-order chi connectivity index (χ0) is 18.3. The van der Waals surface area contributed by atoms with Gasteiger partial charge in [0.25, 0.3) is 0 Å². The maximum absolute atomic E-state index is 11.7. The molecule has 0 amide bonds. The number of aromatic nitrogens is 3. The van der Waals surface area contributed by atoms with Gasteiger partial charge in [0.1, 0.15) is 0 Å². The maximum Gasteiger partial charge on any atom is 0.235 e. The van der Waals surface area contributed by atoms with Gasteiger partial charge < -0.3 is 0 Å². The van der Waals surface area contributed by atoms with E-state index < -0.39 is 9.84 Å². The topological polar surface area (TPSA) is 64.3 Å². The van der Waals surface area contributed by atoms with Crippen molar-refractivity contribution in [1.29, 1.82) is 0 Å². The molecule has 0 bridgehead atoms. The Kier molecular flexibility index (Phi) is 3.85. The second-order valence-electron chi connectivity index (χ2n) is 6.21. The molecule has 26 heavy (non-hydrogen) atoms. The Balaban J connectivity index is 1.97. The van der Waals surface area contributed by atoms with E-state index in [2.05, 4.69) is 4.98 Å². The van der Waals surface area contributed by atoms with Crippen molar-refractivity contribution in [2.45, 2.75) is 11.8 Å². The molecule has 0 radical (unpaired) electrons. The summed E-state index contributed by atoms with van der Waals surface area (Å²) in [6.07, 6.45) is 3.16. The second-order valence-corrected chi connectivity index (χ2v) is 8.23. The lowest BCUT2D eigenvalue weighted by molar-refractivity contribution is 0.602. The van der Waals surface area contributed by atoms with E-state index in [4.69, 9.17) is 4.98 Å². The van der Waals surface area contributed by atoms with Crippen molar-refractivity contribution in [2.24, 2.45) is 0 Å². The standard InChI is InChI=1S/C20H17N3O2S/c1-14-12-13-23-19(16-6-4-3-5-7-16)18(22-20(23)21-14)15-8-10-17(11-9-15)26(2,24)25/h3-13H,1-2H3. The van der Waals surface area contributed by atoms with Crippen LogP contribution in [0.3, 0.4) is 0 Å². The van der Waals surface area contributed by atoms with Crippen LogP contribution in [-0.4, -0.2) is 29.0 Å². The highest BCUT2D eigenvalue weighted by atomic mass is 32.2. The van der Waals surface area contributed by atoms with Crippen molar-refractivity contribution >= 4 is 15.6 Å². The molecule has 2 heterocycles. The highest BCUT2D eigenvalue weighted by molar-refractivity contribution is 7.90. The van der Waals surface area contributed by atoms with Gasteiger partial charge in [0.2, 0.25) is 5.78 Å². The minimum absolute atomic E-state index is 0.292. The number of aryl methyl sites for hydroxylation is 1. The van der Waals surface area contributed by atoms with Crippen molar-refractivity contribution in [3.8, 4) is 22.5 Å². The van der Waals surface area contributed by atoms with Crippen LogP contribution in [0.25, 0.3) is 28.3 Å². The molecule has 4 aromatic rings. The molecule has 0 atom stereocenters. The highest BCUT2D eigenvalue weighted by Gasteiger charge is 2.17. The second kappa shape index (κ2) is 6.07. The van der Waals surface area contributed by atoms with Gasteiger partial charge in [-0.05, 0) is 25.1 Å². The van der Waals surface area contributed by atoms with Crippen molar-refractivity contribution in [1.82, 2.24) is 14.4 Å². The van der Waals surface area contributed by atoms with Crippen molar-refractivity contribution in [3.05, 3.63) is 72.6 Å². The smallest absolute Gasteiger partial charge is 0.235 e. The van der Waals surface area contributed by atoms with Gasteiger partial charge >= 0.3 is 0 Å². The minimum Gasteiger partial charge on any atom is -0.283 e. The molecule has 5 nitrogen and oxygen atoms in total. The van der Waals surface area contributed by atoms with Crippen LogP contribution in [0.15, 0.2) is 71.8 Å². The van der Waals surface area contributed by atoms with Gasteiger partial charge in [-0.25, -0.2) is 18.4 Å². The van der Waals surface area contributed by atoms with Crippen molar-refractivity contribution in [2.75, 3.05) is 6.26 Å². The summed E-state index contributed by atoms with van der Waals surface area (Å²) in [6, 6.07) is 18.7. The third-order valence-corrected chi connectivity index (χ3v) is 5.37. The van der Waals surface area contributed by atoms with E-state index >= 15 is 0 Å². The largest absolute Gasteiger partial charge is 0.283 e. The zero-order valence-corrected chi connectivity index (χ0v) is 15.2. The molecule has 0 saturated heterocycles. The summed E-state index contributed by atoms with van der Waals surface area (Å²) < 4.78 is 25.4. The number of rotatable bonds is 3. The normalized spacial score (nSPS) is 11.8.